The summed E-state index contributed by atoms with van der Waals surface area (Å²) in [5.41, 5.74) is 0.431. The Bertz CT molecular complexity index is 220. The second-order valence-corrected chi connectivity index (χ2v) is 2.05. The molecule has 0 N–H and O–H groups in total. The monoisotopic (exact) mass is 123 g/mol. The first kappa shape index (κ1) is 6.03. The summed E-state index contributed by atoms with van der Waals surface area (Å²) in [6, 6.07) is 1.87. The van der Waals surface area contributed by atoms with Crippen molar-refractivity contribution >= 4 is 0 Å². The summed E-state index contributed by atoms with van der Waals surface area (Å²) in [6.45, 7) is 1.72. The molecular weight excluding hydrogens is 117 g/mol. The Balaban J connectivity index is 2.86. The minimum absolute atomic E-state index is 0.195. The van der Waals surface area contributed by atoms with Crippen LogP contribution in [0.2, 0.25) is 0 Å². The van der Waals surface area contributed by atoms with Gasteiger partial charge in [0, 0.05) is 5.92 Å². The number of nitrogens with zero attached hydrogens (tertiary/aromatic N) is 1. The third-order valence-electron chi connectivity index (χ3n) is 1.29. The predicted octanol–water partition coefficient (Wildman–Crippen LogP) is 1.94. The third-order valence-corrected chi connectivity index (χ3v) is 1.29. The van der Waals surface area contributed by atoms with Crippen molar-refractivity contribution in [2.24, 2.45) is 5.92 Å². The maximum atomic E-state index is 12.4. The highest BCUT2D eigenvalue weighted by molar-refractivity contribution is 5.41. The van der Waals surface area contributed by atoms with E-state index in [1.54, 1.807) is 13.0 Å². The third kappa shape index (κ3) is 0.996. The summed E-state index contributed by atoms with van der Waals surface area (Å²) < 4.78 is 12.4. The Morgan fingerprint density at radius 2 is 2.44 bits per heavy atom. The van der Waals surface area contributed by atoms with Gasteiger partial charge in [0.25, 0.3) is 0 Å². The minimum Gasteiger partial charge on any atom is -0.211 e. The molecule has 1 nitrogen and oxygen atoms in total. The molecule has 0 aromatic carbocycles. The van der Waals surface area contributed by atoms with Crippen molar-refractivity contribution in [1.29, 1.82) is 5.26 Å². The lowest BCUT2D eigenvalue weighted by Crippen LogP contribution is -1.82. The van der Waals surface area contributed by atoms with E-state index in [1.165, 1.54) is 6.08 Å². The molecule has 0 saturated heterocycles. The Hall–Kier alpha value is -1.10. The highest BCUT2D eigenvalue weighted by Crippen LogP contribution is 2.23. The van der Waals surface area contributed by atoms with E-state index in [4.69, 9.17) is 5.26 Å². The normalized spacial score (nSPS) is 24.8. The summed E-state index contributed by atoms with van der Waals surface area (Å²) in [6.07, 6.45) is 2.88. The zero-order valence-corrected chi connectivity index (χ0v) is 5.06. The quantitative estimate of drug-likeness (QED) is 0.483. The number of hydrogen-bond donors (Lipinski definition) is 0. The van der Waals surface area contributed by atoms with Crippen LogP contribution in [0, 0.1) is 17.2 Å². The van der Waals surface area contributed by atoms with Crippen molar-refractivity contribution < 1.29 is 4.39 Å². The fraction of sp³-hybridized carbons (Fsp3) is 0.286. The van der Waals surface area contributed by atoms with Crippen molar-refractivity contribution in [2.45, 2.75) is 6.92 Å². The molecule has 1 unspecified atom stereocenters. The Morgan fingerprint density at radius 3 is 2.67 bits per heavy atom. The molecule has 9 heavy (non-hydrogen) atoms. The molecule has 1 atom stereocenters. The van der Waals surface area contributed by atoms with Gasteiger partial charge in [-0.1, -0.05) is 13.0 Å². The van der Waals surface area contributed by atoms with Crippen LogP contribution in [0.5, 0.6) is 0 Å². The Morgan fingerprint density at radius 1 is 1.78 bits per heavy atom. The smallest absolute Gasteiger partial charge is 0.108 e. The summed E-state index contributed by atoms with van der Waals surface area (Å²) >= 11 is 0. The second kappa shape index (κ2) is 2.02. The number of halogens is 1. The van der Waals surface area contributed by atoms with Crippen molar-refractivity contribution in [2.75, 3.05) is 0 Å². The van der Waals surface area contributed by atoms with Gasteiger partial charge in [-0.25, -0.2) is 4.39 Å². The molecule has 1 rings (SSSR count). The van der Waals surface area contributed by atoms with E-state index < -0.39 is 0 Å². The van der Waals surface area contributed by atoms with E-state index in [9.17, 15) is 4.39 Å². The first-order valence-electron chi connectivity index (χ1n) is 2.73. The topological polar surface area (TPSA) is 23.8 Å². The minimum atomic E-state index is -0.216. The Labute approximate surface area is 53.1 Å². The standard InChI is InChI=1S/C7H6FN/c1-5-2-6(4-9)3-7(5)8/h2-3,5H,1H3. The van der Waals surface area contributed by atoms with Gasteiger partial charge in [-0.2, -0.15) is 5.26 Å². The average molecular weight is 123 g/mol. The Kier molecular flexibility index (Phi) is 1.35. The van der Waals surface area contributed by atoms with Crippen molar-refractivity contribution in [3.63, 3.8) is 0 Å². The molecule has 2 heteroatoms. The maximum Gasteiger partial charge on any atom is 0.108 e. The lowest BCUT2D eigenvalue weighted by atomic mass is 10.2. The molecule has 0 heterocycles. The molecule has 0 aromatic rings. The van der Waals surface area contributed by atoms with Crippen LogP contribution in [0.15, 0.2) is 23.6 Å². The van der Waals surface area contributed by atoms with Gasteiger partial charge in [-0.3, -0.25) is 0 Å². The first-order chi connectivity index (χ1) is 4.24. The van der Waals surface area contributed by atoms with Gasteiger partial charge >= 0.3 is 0 Å². The van der Waals surface area contributed by atoms with Gasteiger partial charge in [-0.15, -0.1) is 0 Å². The van der Waals surface area contributed by atoms with Crippen LogP contribution in [0.25, 0.3) is 0 Å². The lowest BCUT2D eigenvalue weighted by molar-refractivity contribution is 0.557. The summed E-state index contributed by atoms with van der Waals surface area (Å²) in [4.78, 5) is 0. The van der Waals surface area contributed by atoms with Crippen molar-refractivity contribution in [3.8, 4) is 6.07 Å². The fourth-order valence-corrected chi connectivity index (χ4v) is 0.747. The zero-order chi connectivity index (χ0) is 6.85. The van der Waals surface area contributed by atoms with E-state index in [1.807, 2.05) is 6.07 Å². The average Bonchev–Trinajstić information content (AvgIpc) is 2.13. The van der Waals surface area contributed by atoms with Gasteiger partial charge in [0.05, 0.1) is 11.6 Å². The maximum absolute atomic E-state index is 12.4. The van der Waals surface area contributed by atoms with Crippen LogP contribution in [0.1, 0.15) is 6.92 Å². The molecular formula is C7H6FN. The van der Waals surface area contributed by atoms with Crippen LogP contribution in [-0.2, 0) is 0 Å². The molecule has 0 aliphatic heterocycles. The number of nitriles is 1. The van der Waals surface area contributed by atoms with Crippen LogP contribution in [0.4, 0.5) is 4.39 Å². The number of allylic oxidation sites excluding steroid dienone is 4. The van der Waals surface area contributed by atoms with Gasteiger partial charge in [0.15, 0.2) is 0 Å². The zero-order valence-electron chi connectivity index (χ0n) is 5.06. The highest BCUT2D eigenvalue weighted by Gasteiger charge is 2.12. The van der Waals surface area contributed by atoms with Crippen molar-refractivity contribution in [3.05, 3.63) is 23.6 Å². The predicted molar refractivity (Wildman–Crippen MR) is 32.1 cm³/mol. The van der Waals surface area contributed by atoms with Crippen LogP contribution >= 0.6 is 0 Å². The molecule has 1 aliphatic carbocycles. The number of rotatable bonds is 0. The molecule has 0 radical (unpaired) electrons. The second-order valence-electron chi connectivity index (χ2n) is 2.05. The molecule has 46 valence electrons. The van der Waals surface area contributed by atoms with E-state index in [0.717, 1.165) is 0 Å². The molecule has 0 saturated carbocycles. The molecule has 0 fully saturated rings. The SMILES string of the molecule is CC1C=C(C#N)C=C1F. The summed E-state index contributed by atoms with van der Waals surface area (Å²) in [7, 11) is 0. The largest absolute Gasteiger partial charge is 0.211 e. The van der Waals surface area contributed by atoms with Crippen LogP contribution in [-0.4, -0.2) is 0 Å². The fourth-order valence-electron chi connectivity index (χ4n) is 0.747. The first-order valence-corrected chi connectivity index (χ1v) is 2.73. The molecule has 1 aliphatic rings. The van der Waals surface area contributed by atoms with E-state index >= 15 is 0 Å². The molecule has 0 bridgehead atoms. The van der Waals surface area contributed by atoms with E-state index in [0.29, 0.717) is 5.57 Å². The van der Waals surface area contributed by atoms with Crippen LogP contribution < -0.4 is 0 Å². The molecule has 0 spiro atoms. The van der Waals surface area contributed by atoms with Gasteiger partial charge in [-0.05, 0) is 6.08 Å². The van der Waals surface area contributed by atoms with E-state index in [2.05, 4.69) is 0 Å². The van der Waals surface area contributed by atoms with Crippen molar-refractivity contribution in [1.82, 2.24) is 0 Å². The summed E-state index contributed by atoms with van der Waals surface area (Å²) in [5, 5.41) is 8.27. The lowest BCUT2D eigenvalue weighted by Gasteiger charge is -1.91. The molecule has 0 amide bonds. The highest BCUT2D eigenvalue weighted by atomic mass is 19.1. The number of hydrogen-bond acceptors (Lipinski definition) is 1. The van der Waals surface area contributed by atoms with Gasteiger partial charge in [0.2, 0.25) is 0 Å². The van der Waals surface area contributed by atoms with Gasteiger partial charge in [0.1, 0.15) is 5.83 Å². The molecule has 0 aromatic heterocycles. The van der Waals surface area contributed by atoms with Crippen LogP contribution in [0.3, 0.4) is 0 Å². The van der Waals surface area contributed by atoms with E-state index in [-0.39, 0.29) is 11.7 Å². The summed E-state index contributed by atoms with van der Waals surface area (Å²) in [5.74, 6) is -0.411. The van der Waals surface area contributed by atoms with Gasteiger partial charge < -0.3 is 0 Å².